The zero-order valence-electron chi connectivity index (χ0n) is 14.6. The van der Waals surface area contributed by atoms with Gasteiger partial charge in [-0.25, -0.2) is 0 Å². The van der Waals surface area contributed by atoms with Gasteiger partial charge in [0, 0.05) is 30.4 Å². The van der Waals surface area contributed by atoms with E-state index in [4.69, 9.17) is 23.8 Å². The van der Waals surface area contributed by atoms with Gasteiger partial charge in [-0.15, -0.1) is 0 Å². The van der Waals surface area contributed by atoms with Crippen molar-refractivity contribution in [1.82, 2.24) is 15.1 Å². The molecule has 130 valence electrons. The van der Waals surface area contributed by atoms with Crippen molar-refractivity contribution in [3.05, 3.63) is 46.1 Å². The summed E-state index contributed by atoms with van der Waals surface area (Å²) in [5, 5.41) is 4.55. The summed E-state index contributed by atoms with van der Waals surface area (Å²) in [6.45, 7) is 9.99. The third-order valence-corrected chi connectivity index (χ3v) is 5.09. The van der Waals surface area contributed by atoms with Gasteiger partial charge in [0.1, 0.15) is 0 Å². The molecule has 2 rings (SSSR count). The predicted molar refractivity (Wildman–Crippen MR) is 103 cm³/mol. The fraction of sp³-hybridized carbons (Fsp3) is 0.444. The molecule has 0 bridgehead atoms. The van der Waals surface area contributed by atoms with Crippen LogP contribution in [0.1, 0.15) is 39.3 Å². The van der Waals surface area contributed by atoms with Crippen molar-refractivity contribution in [1.29, 1.82) is 0 Å². The molecule has 0 fully saturated rings. The third kappa shape index (κ3) is 3.42. The number of hydrogen-bond acceptors (Lipinski definition) is 2. The van der Waals surface area contributed by atoms with Crippen LogP contribution in [-0.2, 0) is 4.79 Å². The Morgan fingerprint density at radius 2 is 1.92 bits per heavy atom. The van der Waals surface area contributed by atoms with Gasteiger partial charge < -0.3 is 15.1 Å². The number of amides is 1. The maximum Gasteiger partial charge on any atom is 0.253 e. The fourth-order valence-corrected chi connectivity index (χ4v) is 3.69. The molecule has 0 aliphatic carbocycles. The first-order valence-electron chi connectivity index (χ1n) is 8.28. The summed E-state index contributed by atoms with van der Waals surface area (Å²) in [4.78, 5) is 16.9. The minimum absolute atomic E-state index is 0.0240. The highest BCUT2D eigenvalue weighted by molar-refractivity contribution is 7.80. The van der Waals surface area contributed by atoms with E-state index >= 15 is 0 Å². The lowest BCUT2D eigenvalue weighted by molar-refractivity contribution is -0.127. The first-order chi connectivity index (χ1) is 11.5. The van der Waals surface area contributed by atoms with Gasteiger partial charge in [-0.2, -0.15) is 0 Å². The topological polar surface area (TPSA) is 35.6 Å². The molecule has 1 aliphatic heterocycles. The molecule has 1 aromatic rings. The fourth-order valence-electron chi connectivity index (χ4n) is 3.06. The van der Waals surface area contributed by atoms with Crippen LogP contribution in [0, 0.1) is 0 Å². The molecule has 4 nitrogen and oxygen atoms in total. The Hall–Kier alpha value is -1.59. The molecule has 24 heavy (non-hydrogen) atoms. The summed E-state index contributed by atoms with van der Waals surface area (Å²) in [6.07, 6.45) is 0. The number of nitrogens with one attached hydrogen (secondary N) is 1. The van der Waals surface area contributed by atoms with E-state index < -0.39 is 0 Å². The number of likely N-dealkylation sites (N-methyl/N-ethyl adjacent to an activating group) is 1. The van der Waals surface area contributed by atoms with Crippen molar-refractivity contribution in [2.75, 3.05) is 19.6 Å². The molecule has 1 aromatic carbocycles. The Labute approximate surface area is 154 Å². The highest BCUT2D eigenvalue weighted by Gasteiger charge is 2.35. The molecular formula is C18H24ClN3OS. The summed E-state index contributed by atoms with van der Waals surface area (Å²) in [7, 11) is 0. The van der Waals surface area contributed by atoms with E-state index in [0.29, 0.717) is 35.3 Å². The van der Waals surface area contributed by atoms with E-state index in [0.717, 1.165) is 11.3 Å². The van der Waals surface area contributed by atoms with Crippen LogP contribution in [0.4, 0.5) is 0 Å². The number of nitrogens with zero attached hydrogens (tertiary/aromatic N) is 2. The Balaban J connectivity index is 2.60. The zero-order chi connectivity index (χ0) is 17.9. The maximum atomic E-state index is 13.1. The average molecular weight is 366 g/mol. The normalized spacial score (nSPS) is 17.8. The van der Waals surface area contributed by atoms with Gasteiger partial charge in [-0.1, -0.05) is 29.8 Å². The number of carbonyl (C=O) groups excluding carboxylic acids is 1. The molecule has 1 atom stereocenters. The van der Waals surface area contributed by atoms with Crippen LogP contribution in [0.15, 0.2) is 35.5 Å². The van der Waals surface area contributed by atoms with Gasteiger partial charge >= 0.3 is 0 Å². The first kappa shape index (κ1) is 18.7. The third-order valence-electron chi connectivity index (χ3n) is 4.41. The van der Waals surface area contributed by atoms with Gasteiger partial charge in [-0.3, -0.25) is 4.79 Å². The monoisotopic (exact) mass is 365 g/mol. The van der Waals surface area contributed by atoms with Crippen molar-refractivity contribution in [2.45, 2.75) is 33.7 Å². The Bertz CT molecular complexity index is 670. The SMILES string of the molecule is CCN(CC)C(=O)C1=C(C)N(CC)C(=S)N[C@H]1c1ccccc1Cl. The van der Waals surface area contributed by atoms with Gasteiger partial charge in [0.25, 0.3) is 5.91 Å². The molecule has 0 saturated carbocycles. The summed E-state index contributed by atoms with van der Waals surface area (Å²) in [6, 6.07) is 7.25. The second kappa shape index (κ2) is 7.99. The molecule has 1 heterocycles. The summed E-state index contributed by atoms with van der Waals surface area (Å²) >= 11 is 11.9. The molecular weight excluding hydrogens is 342 g/mol. The van der Waals surface area contributed by atoms with Gasteiger partial charge in [0.15, 0.2) is 5.11 Å². The minimum Gasteiger partial charge on any atom is -0.351 e. The average Bonchev–Trinajstić information content (AvgIpc) is 2.56. The van der Waals surface area contributed by atoms with Crippen molar-refractivity contribution >= 4 is 34.8 Å². The summed E-state index contributed by atoms with van der Waals surface area (Å²) in [5.41, 5.74) is 2.47. The van der Waals surface area contributed by atoms with Gasteiger partial charge in [-0.05, 0) is 51.5 Å². The first-order valence-corrected chi connectivity index (χ1v) is 9.07. The van der Waals surface area contributed by atoms with Crippen molar-refractivity contribution in [3.63, 3.8) is 0 Å². The minimum atomic E-state index is -0.331. The van der Waals surface area contributed by atoms with Crippen LogP contribution >= 0.6 is 23.8 Å². The van der Waals surface area contributed by atoms with Crippen LogP contribution in [0.5, 0.6) is 0 Å². The van der Waals surface area contributed by atoms with Gasteiger partial charge in [0.2, 0.25) is 0 Å². The Morgan fingerprint density at radius 3 is 2.46 bits per heavy atom. The van der Waals surface area contributed by atoms with Crippen molar-refractivity contribution in [2.24, 2.45) is 0 Å². The molecule has 0 aromatic heterocycles. The van der Waals surface area contributed by atoms with E-state index in [1.54, 1.807) is 0 Å². The molecule has 0 saturated heterocycles. The number of allylic oxidation sites excluding steroid dienone is 1. The molecule has 0 spiro atoms. The number of carbonyl (C=O) groups is 1. The number of halogens is 1. The Kier molecular flexibility index (Phi) is 6.24. The lowest BCUT2D eigenvalue weighted by atomic mass is 9.93. The van der Waals surface area contributed by atoms with E-state index in [2.05, 4.69) is 5.32 Å². The Morgan fingerprint density at radius 1 is 1.29 bits per heavy atom. The lowest BCUT2D eigenvalue weighted by Crippen LogP contribution is -2.49. The molecule has 1 amide bonds. The molecule has 6 heteroatoms. The van der Waals surface area contributed by atoms with Crippen molar-refractivity contribution in [3.8, 4) is 0 Å². The number of rotatable bonds is 5. The molecule has 1 N–H and O–H groups in total. The van der Waals surface area contributed by atoms with E-state index in [9.17, 15) is 4.79 Å². The number of thiocarbonyl (C=S) groups is 1. The molecule has 1 aliphatic rings. The van der Waals surface area contributed by atoms with E-state index in [-0.39, 0.29) is 11.9 Å². The maximum absolute atomic E-state index is 13.1. The predicted octanol–water partition coefficient (Wildman–Crippen LogP) is 3.73. The van der Waals surface area contributed by atoms with Crippen LogP contribution in [-0.4, -0.2) is 40.5 Å². The summed E-state index contributed by atoms with van der Waals surface area (Å²) < 4.78 is 0. The smallest absolute Gasteiger partial charge is 0.253 e. The highest BCUT2D eigenvalue weighted by Crippen LogP contribution is 2.34. The largest absolute Gasteiger partial charge is 0.351 e. The lowest BCUT2D eigenvalue weighted by Gasteiger charge is -2.39. The summed E-state index contributed by atoms with van der Waals surface area (Å²) in [5.74, 6) is 0.0240. The second-order valence-corrected chi connectivity index (χ2v) is 6.42. The standard InChI is InChI=1S/C18H24ClN3OS/c1-5-21(6-2)17(23)15-12(4)22(7-3)18(24)20-16(15)13-10-8-9-11-14(13)19/h8-11,16H,5-7H2,1-4H3,(H,20,24)/t16-/m0/s1. The van der Waals surface area contributed by atoms with Crippen LogP contribution < -0.4 is 5.32 Å². The highest BCUT2D eigenvalue weighted by atomic mass is 35.5. The number of benzene rings is 1. The van der Waals surface area contributed by atoms with Crippen molar-refractivity contribution < 1.29 is 4.79 Å². The van der Waals surface area contributed by atoms with E-state index in [1.807, 2.05) is 61.8 Å². The van der Waals surface area contributed by atoms with Crippen LogP contribution in [0.25, 0.3) is 0 Å². The molecule has 0 unspecified atom stereocenters. The quantitative estimate of drug-likeness (QED) is 0.806. The molecule has 0 radical (unpaired) electrons. The van der Waals surface area contributed by atoms with Crippen LogP contribution in [0.2, 0.25) is 5.02 Å². The number of hydrogen-bond donors (Lipinski definition) is 1. The zero-order valence-corrected chi connectivity index (χ0v) is 16.2. The van der Waals surface area contributed by atoms with E-state index in [1.165, 1.54) is 0 Å². The van der Waals surface area contributed by atoms with Gasteiger partial charge in [0.05, 0.1) is 11.6 Å². The second-order valence-electron chi connectivity index (χ2n) is 5.62. The van der Waals surface area contributed by atoms with Crippen LogP contribution in [0.3, 0.4) is 0 Å².